The zero-order valence-electron chi connectivity index (χ0n) is 15.8. The molecule has 1 heterocycles. The fraction of sp³-hybridized carbons (Fsp3) is 0.429. The van der Waals surface area contributed by atoms with Crippen LogP contribution in [0.2, 0.25) is 5.02 Å². The molecule has 1 aromatic carbocycles. The SMILES string of the molecule is Cc1ccc(Cl)cc1N(C(=O)CCl)[C@H](C(=O)NC1CCCCC1)c1cccs1. The van der Waals surface area contributed by atoms with E-state index in [4.69, 9.17) is 23.2 Å². The lowest BCUT2D eigenvalue weighted by molar-refractivity contribution is -0.126. The highest BCUT2D eigenvalue weighted by molar-refractivity contribution is 7.10. The molecule has 0 bridgehead atoms. The summed E-state index contributed by atoms with van der Waals surface area (Å²) in [7, 11) is 0. The number of benzene rings is 1. The molecule has 1 aromatic heterocycles. The molecule has 2 amide bonds. The quantitative estimate of drug-likeness (QED) is 0.607. The van der Waals surface area contributed by atoms with Gasteiger partial charge in [-0.1, -0.05) is 43.0 Å². The van der Waals surface area contributed by atoms with Gasteiger partial charge in [0.2, 0.25) is 11.8 Å². The summed E-state index contributed by atoms with van der Waals surface area (Å²) in [5, 5.41) is 5.58. The number of nitrogens with zero attached hydrogens (tertiary/aromatic N) is 1. The van der Waals surface area contributed by atoms with Gasteiger partial charge < -0.3 is 5.32 Å². The first kappa shape index (κ1) is 21.2. The Hall–Kier alpha value is -1.56. The van der Waals surface area contributed by atoms with Crippen LogP contribution in [-0.2, 0) is 9.59 Å². The molecule has 2 aromatic rings. The van der Waals surface area contributed by atoms with Crippen LogP contribution in [0.15, 0.2) is 35.7 Å². The molecule has 1 fully saturated rings. The zero-order chi connectivity index (χ0) is 20.1. The van der Waals surface area contributed by atoms with Crippen LogP contribution in [0.3, 0.4) is 0 Å². The number of alkyl halides is 1. The Morgan fingerprint density at radius 3 is 2.64 bits per heavy atom. The molecule has 1 aliphatic rings. The van der Waals surface area contributed by atoms with Crippen molar-refractivity contribution in [1.29, 1.82) is 0 Å². The normalized spacial score (nSPS) is 15.8. The molecular formula is C21H24Cl2N2O2S. The molecule has 0 radical (unpaired) electrons. The van der Waals surface area contributed by atoms with E-state index in [0.717, 1.165) is 36.1 Å². The van der Waals surface area contributed by atoms with E-state index in [1.165, 1.54) is 22.7 Å². The molecule has 28 heavy (non-hydrogen) atoms. The van der Waals surface area contributed by atoms with Crippen LogP contribution >= 0.6 is 34.5 Å². The van der Waals surface area contributed by atoms with Gasteiger partial charge >= 0.3 is 0 Å². The summed E-state index contributed by atoms with van der Waals surface area (Å²) in [6, 6.07) is 8.47. The first-order valence-electron chi connectivity index (χ1n) is 9.49. The molecule has 1 aliphatic carbocycles. The van der Waals surface area contributed by atoms with Crippen molar-refractivity contribution in [1.82, 2.24) is 5.32 Å². The fourth-order valence-electron chi connectivity index (χ4n) is 3.67. The maximum Gasteiger partial charge on any atom is 0.248 e. The minimum Gasteiger partial charge on any atom is -0.351 e. The number of hydrogen-bond acceptors (Lipinski definition) is 3. The van der Waals surface area contributed by atoms with E-state index in [1.807, 2.05) is 30.5 Å². The van der Waals surface area contributed by atoms with E-state index < -0.39 is 6.04 Å². The third-order valence-corrected chi connectivity index (χ3v) is 6.47. The van der Waals surface area contributed by atoms with E-state index in [0.29, 0.717) is 10.7 Å². The lowest BCUT2D eigenvalue weighted by Crippen LogP contribution is -2.47. The van der Waals surface area contributed by atoms with Gasteiger partial charge in [0.05, 0.1) is 0 Å². The molecule has 0 aliphatic heterocycles. The lowest BCUT2D eigenvalue weighted by Gasteiger charge is -2.33. The monoisotopic (exact) mass is 438 g/mol. The standard InChI is InChI=1S/C21H24Cl2N2O2S/c1-14-9-10-15(23)12-17(14)25(19(26)13-22)20(18-8-5-11-28-18)21(27)24-16-6-3-2-4-7-16/h5,8-12,16,20H,2-4,6-7,13H2,1H3,(H,24,27)/t20-/m0/s1. The van der Waals surface area contributed by atoms with E-state index in [1.54, 1.807) is 12.1 Å². The average molecular weight is 439 g/mol. The van der Waals surface area contributed by atoms with Gasteiger partial charge in [-0.2, -0.15) is 0 Å². The van der Waals surface area contributed by atoms with Crippen LogP contribution in [0, 0.1) is 6.92 Å². The summed E-state index contributed by atoms with van der Waals surface area (Å²) in [6.45, 7) is 1.89. The molecule has 0 unspecified atom stereocenters. The Morgan fingerprint density at radius 1 is 1.25 bits per heavy atom. The lowest BCUT2D eigenvalue weighted by atomic mass is 9.95. The number of halogens is 2. The van der Waals surface area contributed by atoms with Crippen molar-refractivity contribution < 1.29 is 9.59 Å². The topological polar surface area (TPSA) is 49.4 Å². The molecule has 1 N–H and O–H groups in total. The summed E-state index contributed by atoms with van der Waals surface area (Å²) < 4.78 is 0. The predicted molar refractivity (Wildman–Crippen MR) is 116 cm³/mol. The highest BCUT2D eigenvalue weighted by Crippen LogP contribution is 2.34. The van der Waals surface area contributed by atoms with E-state index in [9.17, 15) is 9.59 Å². The maximum atomic E-state index is 13.4. The summed E-state index contributed by atoms with van der Waals surface area (Å²) >= 11 is 13.6. The molecule has 0 spiro atoms. The average Bonchev–Trinajstić information content (AvgIpc) is 3.22. The van der Waals surface area contributed by atoms with Crippen molar-refractivity contribution >= 4 is 52.0 Å². The third kappa shape index (κ3) is 4.88. The third-order valence-electron chi connectivity index (χ3n) is 5.08. The van der Waals surface area contributed by atoms with E-state index in [-0.39, 0.29) is 23.7 Å². The van der Waals surface area contributed by atoms with Crippen molar-refractivity contribution in [3.05, 3.63) is 51.2 Å². The maximum absolute atomic E-state index is 13.4. The van der Waals surface area contributed by atoms with Gasteiger partial charge in [0.15, 0.2) is 0 Å². The van der Waals surface area contributed by atoms with E-state index >= 15 is 0 Å². The number of amides is 2. The summed E-state index contributed by atoms with van der Waals surface area (Å²) in [4.78, 5) is 28.5. The highest BCUT2D eigenvalue weighted by atomic mass is 35.5. The molecule has 1 atom stereocenters. The first-order chi connectivity index (χ1) is 13.5. The zero-order valence-corrected chi connectivity index (χ0v) is 18.1. The molecule has 0 saturated heterocycles. The summed E-state index contributed by atoms with van der Waals surface area (Å²) in [6.07, 6.45) is 5.39. The van der Waals surface area contributed by atoms with Crippen molar-refractivity contribution in [2.24, 2.45) is 0 Å². The minimum atomic E-state index is -0.773. The summed E-state index contributed by atoms with van der Waals surface area (Å²) in [5.41, 5.74) is 1.46. The van der Waals surface area contributed by atoms with Crippen molar-refractivity contribution in [3.8, 4) is 0 Å². The number of thiophene rings is 1. The van der Waals surface area contributed by atoms with Gasteiger partial charge in [-0.15, -0.1) is 22.9 Å². The van der Waals surface area contributed by atoms with Crippen molar-refractivity contribution in [3.63, 3.8) is 0 Å². The van der Waals surface area contributed by atoms with Crippen LogP contribution in [0.1, 0.15) is 48.6 Å². The Kier molecular flexibility index (Phi) is 7.38. The fourth-order valence-corrected chi connectivity index (χ4v) is 4.78. The van der Waals surface area contributed by atoms with Gasteiger partial charge in [-0.25, -0.2) is 0 Å². The van der Waals surface area contributed by atoms with Gasteiger partial charge in [0.1, 0.15) is 11.9 Å². The van der Waals surface area contributed by atoms with Crippen LogP contribution in [0.4, 0.5) is 5.69 Å². The smallest absolute Gasteiger partial charge is 0.248 e. The molecule has 3 rings (SSSR count). The van der Waals surface area contributed by atoms with Crippen LogP contribution < -0.4 is 10.2 Å². The number of carbonyl (C=O) groups is 2. The van der Waals surface area contributed by atoms with Crippen LogP contribution in [-0.4, -0.2) is 23.7 Å². The van der Waals surface area contributed by atoms with Gasteiger partial charge in [0, 0.05) is 21.6 Å². The van der Waals surface area contributed by atoms with Crippen LogP contribution in [0.25, 0.3) is 0 Å². The number of aryl methyl sites for hydroxylation is 1. The van der Waals surface area contributed by atoms with E-state index in [2.05, 4.69) is 5.32 Å². The molecule has 150 valence electrons. The first-order valence-corrected chi connectivity index (χ1v) is 11.3. The molecular weight excluding hydrogens is 415 g/mol. The van der Waals surface area contributed by atoms with Gasteiger partial charge in [-0.3, -0.25) is 14.5 Å². The van der Waals surface area contributed by atoms with Gasteiger partial charge in [-0.05, 0) is 48.9 Å². The Bertz CT molecular complexity index is 820. The Morgan fingerprint density at radius 2 is 2.00 bits per heavy atom. The minimum absolute atomic E-state index is 0.150. The van der Waals surface area contributed by atoms with Gasteiger partial charge in [0.25, 0.3) is 0 Å². The molecule has 4 nitrogen and oxygen atoms in total. The summed E-state index contributed by atoms with van der Waals surface area (Å²) in [5.74, 6) is -0.721. The van der Waals surface area contributed by atoms with Crippen molar-refractivity contribution in [2.45, 2.75) is 51.1 Å². The number of anilines is 1. The second kappa shape index (κ2) is 9.77. The largest absolute Gasteiger partial charge is 0.351 e. The molecule has 1 saturated carbocycles. The second-order valence-corrected chi connectivity index (χ2v) is 8.77. The van der Waals surface area contributed by atoms with Crippen LogP contribution in [0.5, 0.6) is 0 Å². The number of carbonyl (C=O) groups excluding carboxylic acids is 2. The number of rotatable bonds is 6. The molecule has 7 heteroatoms. The number of hydrogen-bond donors (Lipinski definition) is 1. The Balaban J connectivity index is 2.01. The predicted octanol–water partition coefficient (Wildman–Crippen LogP) is 5.47. The number of nitrogens with one attached hydrogen (secondary N) is 1. The van der Waals surface area contributed by atoms with Crippen molar-refractivity contribution in [2.75, 3.05) is 10.8 Å². The highest BCUT2D eigenvalue weighted by Gasteiger charge is 2.35. The Labute approximate surface area is 179 Å². The second-order valence-electron chi connectivity index (χ2n) is 7.09.